The molecule has 26 heavy (non-hydrogen) atoms. The Bertz CT molecular complexity index is 817. The van der Waals surface area contributed by atoms with Gasteiger partial charge in [-0.25, -0.2) is 4.39 Å². The van der Waals surface area contributed by atoms with Gasteiger partial charge in [0.15, 0.2) is 0 Å². The highest BCUT2D eigenvalue weighted by atomic mass is 19.1. The molecule has 1 aliphatic heterocycles. The van der Waals surface area contributed by atoms with Crippen LogP contribution in [0.4, 0.5) is 4.39 Å². The molecular formula is C21H23FN2O2. The molecule has 0 aliphatic carbocycles. The third-order valence-electron chi connectivity index (χ3n) is 4.81. The molecule has 0 radical (unpaired) electrons. The van der Waals surface area contributed by atoms with Crippen molar-refractivity contribution in [3.8, 4) is 0 Å². The van der Waals surface area contributed by atoms with Gasteiger partial charge in [-0.3, -0.25) is 9.59 Å². The number of carbonyl (C=O) groups excluding carboxylic acids is 2. The molecule has 4 nitrogen and oxygen atoms in total. The van der Waals surface area contributed by atoms with E-state index in [-0.39, 0.29) is 30.6 Å². The predicted octanol–water partition coefficient (Wildman–Crippen LogP) is 2.86. The fraction of sp³-hybridized carbons (Fsp3) is 0.333. The summed E-state index contributed by atoms with van der Waals surface area (Å²) in [6, 6.07) is 12.5. The fourth-order valence-corrected chi connectivity index (χ4v) is 3.13. The van der Waals surface area contributed by atoms with Gasteiger partial charge < -0.3 is 9.80 Å². The minimum Gasteiger partial charge on any atom is -0.335 e. The lowest BCUT2D eigenvalue weighted by Crippen LogP contribution is -2.52. The molecule has 1 fully saturated rings. The van der Waals surface area contributed by atoms with E-state index in [1.165, 1.54) is 17.7 Å². The molecule has 1 saturated heterocycles. The summed E-state index contributed by atoms with van der Waals surface area (Å²) >= 11 is 0. The smallest absolute Gasteiger partial charge is 0.242 e. The molecule has 136 valence electrons. The first-order valence-corrected chi connectivity index (χ1v) is 8.78. The SMILES string of the molecule is Cc1ccc(CN2CCN(C(=O)Cc3ccc(F)cc3C)CC2=O)cc1. The molecule has 0 saturated carbocycles. The van der Waals surface area contributed by atoms with Gasteiger partial charge in [-0.05, 0) is 42.7 Å². The molecule has 3 rings (SSSR count). The number of rotatable bonds is 4. The van der Waals surface area contributed by atoms with Crippen LogP contribution < -0.4 is 0 Å². The number of benzene rings is 2. The van der Waals surface area contributed by atoms with Gasteiger partial charge in [-0.15, -0.1) is 0 Å². The van der Waals surface area contributed by atoms with Crippen LogP contribution >= 0.6 is 0 Å². The largest absolute Gasteiger partial charge is 0.335 e. The average molecular weight is 354 g/mol. The molecule has 2 amide bonds. The monoisotopic (exact) mass is 354 g/mol. The fourth-order valence-electron chi connectivity index (χ4n) is 3.13. The van der Waals surface area contributed by atoms with E-state index in [1.807, 2.05) is 31.2 Å². The van der Waals surface area contributed by atoms with Gasteiger partial charge in [0, 0.05) is 19.6 Å². The zero-order chi connectivity index (χ0) is 18.7. The highest BCUT2D eigenvalue weighted by Gasteiger charge is 2.27. The van der Waals surface area contributed by atoms with Crippen LogP contribution in [0.15, 0.2) is 42.5 Å². The van der Waals surface area contributed by atoms with Gasteiger partial charge in [0.2, 0.25) is 11.8 Å². The molecule has 0 unspecified atom stereocenters. The van der Waals surface area contributed by atoms with E-state index in [0.29, 0.717) is 19.6 Å². The maximum Gasteiger partial charge on any atom is 0.242 e. The molecular weight excluding hydrogens is 331 g/mol. The Kier molecular flexibility index (Phi) is 5.35. The molecule has 5 heteroatoms. The molecule has 1 heterocycles. The molecule has 2 aromatic carbocycles. The number of halogens is 1. The van der Waals surface area contributed by atoms with E-state index in [1.54, 1.807) is 22.8 Å². The van der Waals surface area contributed by atoms with E-state index in [2.05, 4.69) is 0 Å². The molecule has 0 atom stereocenters. The van der Waals surface area contributed by atoms with Crippen molar-refractivity contribution in [1.29, 1.82) is 0 Å². The van der Waals surface area contributed by atoms with Crippen LogP contribution in [0.25, 0.3) is 0 Å². The van der Waals surface area contributed by atoms with Gasteiger partial charge >= 0.3 is 0 Å². The van der Waals surface area contributed by atoms with E-state index in [4.69, 9.17) is 0 Å². The van der Waals surface area contributed by atoms with Crippen LogP contribution in [-0.4, -0.2) is 41.2 Å². The molecule has 0 spiro atoms. The number of carbonyl (C=O) groups is 2. The van der Waals surface area contributed by atoms with Crippen LogP contribution in [0.1, 0.15) is 22.3 Å². The Balaban J connectivity index is 1.58. The van der Waals surface area contributed by atoms with Crippen molar-refractivity contribution in [1.82, 2.24) is 9.80 Å². The zero-order valence-corrected chi connectivity index (χ0v) is 15.2. The number of hydrogen-bond acceptors (Lipinski definition) is 2. The topological polar surface area (TPSA) is 40.6 Å². The van der Waals surface area contributed by atoms with Crippen LogP contribution in [0.2, 0.25) is 0 Å². The van der Waals surface area contributed by atoms with Crippen molar-refractivity contribution in [2.75, 3.05) is 19.6 Å². The summed E-state index contributed by atoms with van der Waals surface area (Å²) in [5, 5.41) is 0. The van der Waals surface area contributed by atoms with E-state index in [0.717, 1.165) is 16.7 Å². The Morgan fingerprint density at radius 2 is 1.81 bits per heavy atom. The number of hydrogen-bond donors (Lipinski definition) is 0. The summed E-state index contributed by atoms with van der Waals surface area (Å²) in [7, 11) is 0. The minimum atomic E-state index is -0.307. The lowest BCUT2D eigenvalue weighted by molar-refractivity contribution is -0.145. The number of nitrogens with zero attached hydrogens (tertiary/aromatic N) is 2. The third-order valence-corrected chi connectivity index (χ3v) is 4.81. The summed E-state index contributed by atoms with van der Waals surface area (Å²) in [4.78, 5) is 28.3. The van der Waals surface area contributed by atoms with Crippen molar-refractivity contribution in [2.24, 2.45) is 0 Å². The van der Waals surface area contributed by atoms with Gasteiger partial charge in [-0.2, -0.15) is 0 Å². The standard InChI is InChI=1S/C21H23FN2O2/c1-15-3-5-17(6-4-15)13-23-9-10-24(14-21(23)26)20(25)12-18-7-8-19(22)11-16(18)2/h3-8,11H,9-10,12-14H2,1-2H3. The summed E-state index contributed by atoms with van der Waals surface area (Å²) in [5.74, 6) is -0.442. The highest BCUT2D eigenvalue weighted by Crippen LogP contribution is 2.15. The molecule has 0 bridgehead atoms. The lowest BCUT2D eigenvalue weighted by Gasteiger charge is -2.34. The summed E-state index contributed by atoms with van der Waals surface area (Å²) in [6.45, 7) is 5.54. The number of piperazine rings is 1. The normalized spacial score (nSPS) is 14.7. The molecule has 0 aromatic heterocycles. The minimum absolute atomic E-state index is 0.0407. The summed E-state index contributed by atoms with van der Waals surface area (Å²) in [5.41, 5.74) is 3.82. The van der Waals surface area contributed by atoms with Crippen molar-refractivity contribution < 1.29 is 14.0 Å². The van der Waals surface area contributed by atoms with Crippen molar-refractivity contribution in [3.63, 3.8) is 0 Å². The second-order valence-corrected chi connectivity index (χ2v) is 6.86. The van der Waals surface area contributed by atoms with Crippen molar-refractivity contribution in [3.05, 3.63) is 70.5 Å². The Morgan fingerprint density at radius 1 is 1.08 bits per heavy atom. The lowest BCUT2D eigenvalue weighted by atomic mass is 10.0. The van der Waals surface area contributed by atoms with Crippen LogP contribution in [0.5, 0.6) is 0 Å². The first-order valence-electron chi connectivity index (χ1n) is 8.78. The van der Waals surface area contributed by atoms with Crippen LogP contribution in [0.3, 0.4) is 0 Å². The van der Waals surface area contributed by atoms with Gasteiger partial charge in [0.05, 0.1) is 13.0 Å². The Morgan fingerprint density at radius 3 is 2.46 bits per heavy atom. The zero-order valence-electron chi connectivity index (χ0n) is 15.2. The second kappa shape index (κ2) is 7.68. The van der Waals surface area contributed by atoms with E-state index >= 15 is 0 Å². The predicted molar refractivity (Wildman–Crippen MR) is 98.0 cm³/mol. The van der Waals surface area contributed by atoms with Crippen molar-refractivity contribution >= 4 is 11.8 Å². The highest BCUT2D eigenvalue weighted by molar-refractivity contribution is 5.87. The molecule has 1 aliphatic rings. The second-order valence-electron chi connectivity index (χ2n) is 6.86. The van der Waals surface area contributed by atoms with Gasteiger partial charge in [-0.1, -0.05) is 35.9 Å². The quantitative estimate of drug-likeness (QED) is 0.847. The molecule has 2 aromatic rings. The molecule has 0 N–H and O–H groups in total. The van der Waals surface area contributed by atoms with Gasteiger partial charge in [0.1, 0.15) is 5.82 Å². The summed E-state index contributed by atoms with van der Waals surface area (Å²) < 4.78 is 13.2. The first-order chi connectivity index (χ1) is 12.4. The third kappa shape index (κ3) is 4.28. The van der Waals surface area contributed by atoms with E-state index < -0.39 is 0 Å². The number of aryl methyl sites for hydroxylation is 2. The average Bonchev–Trinajstić information content (AvgIpc) is 2.61. The maximum atomic E-state index is 13.2. The first kappa shape index (κ1) is 18.1. The summed E-state index contributed by atoms with van der Waals surface area (Å²) in [6.07, 6.45) is 0.192. The van der Waals surface area contributed by atoms with Gasteiger partial charge in [0.25, 0.3) is 0 Å². The van der Waals surface area contributed by atoms with Crippen LogP contribution in [0, 0.1) is 19.7 Å². The van der Waals surface area contributed by atoms with Crippen LogP contribution in [-0.2, 0) is 22.6 Å². The van der Waals surface area contributed by atoms with Crippen molar-refractivity contribution in [2.45, 2.75) is 26.8 Å². The van der Waals surface area contributed by atoms with E-state index in [9.17, 15) is 14.0 Å². The maximum absolute atomic E-state index is 13.2. The Labute approximate surface area is 153 Å². The Hall–Kier alpha value is -2.69. The number of amides is 2.